The van der Waals surface area contributed by atoms with Crippen molar-refractivity contribution in [1.82, 2.24) is 10.2 Å². The van der Waals surface area contributed by atoms with Crippen molar-refractivity contribution in [3.63, 3.8) is 0 Å². The Labute approximate surface area is 108 Å². The zero-order valence-electron chi connectivity index (χ0n) is 11.6. The van der Waals surface area contributed by atoms with Gasteiger partial charge >= 0.3 is 0 Å². The summed E-state index contributed by atoms with van der Waals surface area (Å²) in [6.07, 6.45) is 6.55. The van der Waals surface area contributed by atoms with Gasteiger partial charge in [-0.1, -0.05) is 20.8 Å². The lowest BCUT2D eigenvalue weighted by Crippen LogP contribution is -2.50. The summed E-state index contributed by atoms with van der Waals surface area (Å²) >= 11 is 0. The van der Waals surface area contributed by atoms with E-state index in [2.05, 4.69) is 31.0 Å². The highest BCUT2D eigenvalue weighted by Crippen LogP contribution is 2.68. The molecule has 1 aromatic heterocycles. The molecule has 0 amide bonds. The molecule has 1 heterocycles. The molecule has 18 heavy (non-hydrogen) atoms. The molecule has 3 fully saturated rings. The molecule has 1 spiro atoms. The Morgan fingerprint density at radius 2 is 1.72 bits per heavy atom. The molecular formula is C15H22N2O. The first-order chi connectivity index (χ1) is 8.46. The predicted molar refractivity (Wildman–Crippen MR) is 68.2 cm³/mol. The summed E-state index contributed by atoms with van der Waals surface area (Å²) < 4.78 is 5.87. The van der Waals surface area contributed by atoms with Crippen LogP contribution in [0.5, 0.6) is 0 Å². The first-order valence-corrected chi connectivity index (χ1v) is 7.30. The quantitative estimate of drug-likeness (QED) is 0.795. The average molecular weight is 246 g/mol. The maximum Gasteiger partial charge on any atom is 0.219 e. The lowest BCUT2D eigenvalue weighted by atomic mass is 9.44. The van der Waals surface area contributed by atoms with Gasteiger partial charge in [0.25, 0.3) is 0 Å². The van der Waals surface area contributed by atoms with Gasteiger partial charge in [0, 0.05) is 11.8 Å². The second-order valence-electron chi connectivity index (χ2n) is 7.92. The monoisotopic (exact) mass is 246 g/mol. The Morgan fingerprint density at radius 1 is 1.11 bits per heavy atom. The van der Waals surface area contributed by atoms with Crippen molar-refractivity contribution in [2.24, 2.45) is 16.7 Å². The van der Waals surface area contributed by atoms with Crippen LogP contribution in [0.2, 0.25) is 0 Å². The SMILES string of the molecule is CC1CC1c1nnc(C2CC3(C2)CC(C)(C)C3)o1. The van der Waals surface area contributed by atoms with E-state index in [1.165, 1.54) is 32.1 Å². The van der Waals surface area contributed by atoms with Crippen LogP contribution in [0, 0.1) is 16.7 Å². The van der Waals surface area contributed by atoms with E-state index in [4.69, 9.17) is 4.42 Å². The highest BCUT2D eigenvalue weighted by molar-refractivity contribution is 5.14. The van der Waals surface area contributed by atoms with E-state index in [0.29, 0.717) is 22.7 Å². The highest BCUT2D eigenvalue weighted by atomic mass is 16.4. The number of hydrogen-bond donors (Lipinski definition) is 0. The summed E-state index contributed by atoms with van der Waals surface area (Å²) in [5.74, 6) is 3.67. The zero-order chi connectivity index (χ0) is 12.5. The van der Waals surface area contributed by atoms with Crippen LogP contribution in [-0.4, -0.2) is 10.2 Å². The summed E-state index contributed by atoms with van der Waals surface area (Å²) in [6, 6.07) is 0. The molecule has 3 nitrogen and oxygen atoms in total. The smallest absolute Gasteiger partial charge is 0.219 e. The predicted octanol–water partition coefficient (Wildman–Crippen LogP) is 3.88. The second kappa shape index (κ2) is 3.17. The largest absolute Gasteiger partial charge is 0.425 e. The van der Waals surface area contributed by atoms with Crippen molar-refractivity contribution in [3.05, 3.63) is 11.8 Å². The number of hydrogen-bond acceptors (Lipinski definition) is 3. The summed E-state index contributed by atoms with van der Waals surface area (Å²) in [5, 5.41) is 8.51. The van der Waals surface area contributed by atoms with E-state index < -0.39 is 0 Å². The zero-order valence-corrected chi connectivity index (χ0v) is 11.6. The number of aromatic nitrogens is 2. The van der Waals surface area contributed by atoms with Gasteiger partial charge in [-0.3, -0.25) is 0 Å². The molecule has 1 aromatic rings. The minimum absolute atomic E-state index is 0.552. The molecule has 0 radical (unpaired) electrons. The lowest BCUT2D eigenvalue weighted by molar-refractivity contribution is -0.0932. The Morgan fingerprint density at radius 3 is 2.28 bits per heavy atom. The van der Waals surface area contributed by atoms with Gasteiger partial charge < -0.3 is 4.42 Å². The molecule has 2 unspecified atom stereocenters. The van der Waals surface area contributed by atoms with Gasteiger partial charge in [-0.15, -0.1) is 10.2 Å². The topological polar surface area (TPSA) is 38.9 Å². The van der Waals surface area contributed by atoms with Crippen LogP contribution in [0.4, 0.5) is 0 Å². The third kappa shape index (κ3) is 1.55. The fourth-order valence-corrected chi connectivity index (χ4v) is 4.65. The van der Waals surface area contributed by atoms with Gasteiger partial charge in [-0.05, 0) is 48.9 Å². The third-order valence-corrected chi connectivity index (χ3v) is 5.30. The summed E-state index contributed by atoms with van der Waals surface area (Å²) in [5.41, 5.74) is 1.21. The van der Waals surface area contributed by atoms with Crippen LogP contribution >= 0.6 is 0 Å². The molecule has 3 aliphatic rings. The van der Waals surface area contributed by atoms with Crippen LogP contribution in [0.25, 0.3) is 0 Å². The molecule has 98 valence electrons. The molecule has 0 saturated heterocycles. The molecule has 3 aliphatic carbocycles. The van der Waals surface area contributed by atoms with Crippen molar-refractivity contribution in [2.75, 3.05) is 0 Å². The highest BCUT2D eigenvalue weighted by Gasteiger charge is 2.57. The van der Waals surface area contributed by atoms with Crippen molar-refractivity contribution in [2.45, 2.75) is 64.7 Å². The van der Waals surface area contributed by atoms with E-state index in [-0.39, 0.29) is 0 Å². The van der Waals surface area contributed by atoms with E-state index >= 15 is 0 Å². The normalized spacial score (nSPS) is 36.2. The molecule has 0 aromatic carbocycles. The molecule has 3 saturated carbocycles. The van der Waals surface area contributed by atoms with E-state index in [1.54, 1.807) is 0 Å². The molecule has 0 N–H and O–H groups in total. The second-order valence-corrected chi connectivity index (χ2v) is 7.92. The van der Waals surface area contributed by atoms with Gasteiger partial charge in [0.15, 0.2) is 0 Å². The standard InChI is InChI=1S/C15H22N2O/c1-9-4-11(9)13-17-16-12(18-13)10-5-15(6-10)7-14(2,3)8-15/h9-11H,4-8H2,1-3H3. The van der Waals surface area contributed by atoms with E-state index in [1.807, 2.05) is 0 Å². The van der Waals surface area contributed by atoms with Crippen molar-refractivity contribution in [3.8, 4) is 0 Å². The van der Waals surface area contributed by atoms with Crippen LogP contribution in [0.15, 0.2) is 4.42 Å². The Hall–Kier alpha value is -0.860. The lowest BCUT2D eigenvalue weighted by Gasteiger charge is -2.61. The molecule has 0 aliphatic heterocycles. The maximum absolute atomic E-state index is 5.87. The third-order valence-electron chi connectivity index (χ3n) is 5.30. The number of nitrogens with zero attached hydrogens (tertiary/aromatic N) is 2. The van der Waals surface area contributed by atoms with Crippen LogP contribution in [0.3, 0.4) is 0 Å². The van der Waals surface area contributed by atoms with Crippen molar-refractivity contribution >= 4 is 0 Å². The van der Waals surface area contributed by atoms with Gasteiger partial charge in [-0.2, -0.15) is 0 Å². The summed E-state index contributed by atoms with van der Waals surface area (Å²) in [7, 11) is 0. The fourth-order valence-electron chi connectivity index (χ4n) is 4.65. The maximum atomic E-state index is 5.87. The molecule has 0 bridgehead atoms. The minimum atomic E-state index is 0.552. The van der Waals surface area contributed by atoms with Gasteiger partial charge in [-0.25, -0.2) is 0 Å². The Balaban J connectivity index is 1.40. The van der Waals surface area contributed by atoms with Gasteiger partial charge in [0.05, 0.1) is 0 Å². The fraction of sp³-hybridized carbons (Fsp3) is 0.867. The average Bonchev–Trinajstić information content (AvgIpc) is 2.75. The van der Waals surface area contributed by atoms with Crippen LogP contribution < -0.4 is 0 Å². The van der Waals surface area contributed by atoms with E-state index in [0.717, 1.165) is 17.7 Å². The molecule has 3 heteroatoms. The van der Waals surface area contributed by atoms with E-state index in [9.17, 15) is 0 Å². The molecular weight excluding hydrogens is 224 g/mol. The Kier molecular flexibility index (Phi) is 1.94. The summed E-state index contributed by atoms with van der Waals surface area (Å²) in [6.45, 7) is 7.01. The first kappa shape index (κ1) is 11.0. The van der Waals surface area contributed by atoms with Crippen molar-refractivity contribution < 1.29 is 4.42 Å². The van der Waals surface area contributed by atoms with Crippen molar-refractivity contribution in [1.29, 1.82) is 0 Å². The molecule has 2 atom stereocenters. The first-order valence-electron chi connectivity index (χ1n) is 7.30. The number of rotatable bonds is 2. The van der Waals surface area contributed by atoms with Gasteiger partial charge in [0.1, 0.15) is 0 Å². The minimum Gasteiger partial charge on any atom is -0.425 e. The summed E-state index contributed by atoms with van der Waals surface area (Å²) in [4.78, 5) is 0. The van der Waals surface area contributed by atoms with Crippen LogP contribution in [0.1, 0.15) is 76.5 Å². The van der Waals surface area contributed by atoms with Gasteiger partial charge in [0.2, 0.25) is 11.8 Å². The molecule has 4 rings (SSSR count). The van der Waals surface area contributed by atoms with Crippen LogP contribution in [-0.2, 0) is 0 Å². The Bertz CT molecular complexity index is 474.